The summed E-state index contributed by atoms with van der Waals surface area (Å²) in [7, 11) is 0. The van der Waals surface area contributed by atoms with Crippen LogP contribution >= 0.6 is 0 Å². The summed E-state index contributed by atoms with van der Waals surface area (Å²) in [6, 6.07) is 10.3. The van der Waals surface area contributed by atoms with E-state index in [-0.39, 0.29) is 0 Å². The molecule has 10 heavy (non-hydrogen) atoms. The van der Waals surface area contributed by atoms with Gasteiger partial charge in [0.05, 0.1) is 0 Å². The number of hydrogen-bond donors (Lipinski definition) is 0. The van der Waals surface area contributed by atoms with Crippen molar-refractivity contribution in [1.29, 1.82) is 0 Å². The van der Waals surface area contributed by atoms with Gasteiger partial charge in [-0.05, 0) is 6.92 Å². The fraction of sp³-hybridized carbons (Fsp3) is 0.333. The maximum atomic E-state index is 2.21. The molecule has 0 unspecified atom stereocenters. The van der Waals surface area contributed by atoms with E-state index in [1.807, 2.05) is 18.2 Å². The summed E-state index contributed by atoms with van der Waals surface area (Å²) in [4.78, 5) is 0. The molecule has 0 heterocycles. The number of benzene rings is 1. The van der Waals surface area contributed by atoms with Gasteiger partial charge in [0.15, 0.2) is 15.2 Å². The molecule has 0 saturated heterocycles. The molecule has 1 aromatic rings. The molecule has 53 valence electrons. The smallest absolute Gasteiger partial charge is 0.115 e. The Morgan fingerprint density at radius 2 is 1.40 bits per heavy atom. The van der Waals surface area contributed by atoms with Crippen molar-refractivity contribution in [2.24, 2.45) is 0 Å². The molecule has 0 aliphatic carbocycles. The van der Waals surface area contributed by atoms with E-state index in [4.69, 9.17) is 0 Å². The van der Waals surface area contributed by atoms with E-state index < -0.39 is 0 Å². The van der Waals surface area contributed by atoms with Gasteiger partial charge in [0.2, 0.25) is 0 Å². The van der Waals surface area contributed by atoms with Crippen molar-refractivity contribution in [3.8, 4) is 0 Å². The van der Waals surface area contributed by atoms with Crippen molar-refractivity contribution < 1.29 is 0 Å². The second kappa shape index (κ2) is 6.87. The third-order valence-corrected chi connectivity index (χ3v) is 0.940. The van der Waals surface area contributed by atoms with Crippen molar-refractivity contribution in [2.75, 3.05) is 0 Å². The quantitative estimate of drug-likeness (QED) is 0.497. The third-order valence-electron chi connectivity index (χ3n) is 0.940. The van der Waals surface area contributed by atoms with Gasteiger partial charge in [0, 0.05) is 0 Å². The molecule has 0 atom stereocenters. The molecule has 0 aliphatic heterocycles. The molecule has 0 bridgehead atoms. The van der Waals surface area contributed by atoms with Gasteiger partial charge in [-0.1, -0.05) is 35.9 Å². The summed E-state index contributed by atoms with van der Waals surface area (Å²) < 4.78 is 0. The first-order valence-corrected chi connectivity index (χ1v) is 5.87. The molecule has 0 amide bonds. The number of rotatable bonds is 0. The molecule has 0 aromatic heterocycles. The maximum absolute atomic E-state index is 2.21. The normalized spacial score (nSPS) is 7.50. The first kappa shape index (κ1) is 9.75. The fourth-order valence-electron chi connectivity index (χ4n) is 0.534. The Morgan fingerprint density at radius 3 is 1.60 bits per heavy atom. The molecular weight excluding hydrogens is 135 g/mol. The summed E-state index contributed by atoms with van der Waals surface area (Å²) in [6.07, 6.45) is 0. The highest BCUT2D eigenvalue weighted by atomic mass is 27.1. The Bertz CT molecular complexity index is 146. The molecule has 0 N–H and O–H groups in total. The van der Waals surface area contributed by atoms with Crippen molar-refractivity contribution in [3.63, 3.8) is 0 Å². The summed E-state index contributed by atoms with van der Waals surface area (Å²) in [5.74, 6) is 4.42. The van der Waals surface area contributed by atoms with E-state index in [1.54, 1.807) is 0 Å². The van der Waals surface area contributed by atoms with Crippen LogP contribution in [0.5, 0.6) is 0 Å². The predicted molar refractivity (Wildman–Crippen MR) is 48.7 cm³/mol. The van der Waals surface area contributed by atoms with E-state index in [1.165, 1.54) is 5.56 Å². The van der Waals surface area contributed by atoms with E-state index in [0.29, 0.717) is 0 Å². The van der Waals surface area contributed by atoms with Crippen LogP contribution in [0.25, 0.3) is 0 Å². The molecule has 0 nitrogen and oxygen atoms in total. The van der Waals surface area contributed by atoms with Crippen LogP contribution in [0.15, 0.2) is 30.3 Å². The van der Waals surface area contributed by atoms with Gasteiger partial charge < -0.3 is 0 Å². The summed E-state index contributed by atoms with van der Waals surface area (Å²) in [5, 5.41) is 0. The zero-order valence-corrected chi connectivity index (χ0v) is 8.12. The Balaban J connectivity index is 0.000000236. The van der Waals surface area contributed by atoms with Crippen LogP contribution in [0.3, 0.4) is 0 Å². The van der Waals surface area contributed by atoms with Crippen LogP contribution in [0, 0.1) is 6.92 Å². The first-order chi connectivity index (χ1) is 4.81. The van der Waals surface area contributed by atoms with Gasteiger partial charge in [-0.15, -0.1) is 11.6 Å². The number of aryl methyl sites for hydroxylation is 1. The minimum Gasteiger partial charge on any atom is -0.115 e. The van der Waals surface area contributed by atoms with Crippen molar-refractivity contribution in [1.82, 2.24) is 0 Å². The second-order valence-corrected chi connectivity index (χ2v) is 3.39. The van der Waals surface area contributed by atoms with Gasteiger partial charge in [-0.3, -0.25) is 0 Å². The highest BCUT2D eigenvalue weighted by Gasteiger charge is 1.72. The average Bonchev–Trinajstić information content (AvgIpc) is 1.91. The molecule has 0 aliphatic rings. The molecular formula is C9H14Al. The molecule has 0 spiro atoms. The summed E-state index contributed by atoms with van der Waals surface area (Å²) in [5.41, 5.74) is 1.32. The minimum absolute atomic E-state index is 0.750. The van der Waals surface area contributed by atoms with E-state index in [9.17, 15) is 0 Å². The Hall–Kier alpha value is -0.248. The average molecular weight is 149 g/mol. The zero-order chi connectivity index (χ0) is 7.82. The lowest BCUT2D eigenvalue weighted by molar-refractivity contribution is 1.48. The molecule has 0 saturated carbocycles. The highest BCUT2D eigenvalue weighted by Crippen LogP contribution is 1.92. The van der Waals surface area contributed by atoms with Crippen LogP contribution in [0.2, 0.25) is 11.6 Å². The molecule has 1 rings (SSSR count). The van der Waals surface area contributed by atoms with Gasteiger partial charge in [-0.2, -0.15) is 0 Å². The maximum Gasteiger partial charge on any atom is 0.191 e. The minimum atomic E-state index is 0.750. The first-order valence-electron chi connectivity index (χ1n) is 3.57. The van der Waals surface area contributed by atoms with Crippen LogP contribution in [-0.4, -0.2) is 15.2 Å². The van der Waals surface area contributed by atoms with Gasteiger partial charge >= 0.3 is 0 Å². The van der Waals surface area contributed by atoms with Gasteiger partial charge in [0.1, 0.15) is 0 Å². The summed E-state index contributed by atoms with van der Waals surface area (Å²) >= 11 is 0.750. The van der Waals surface area contributed by atoms with Crippen molar-refractivity contribution in [3.05, 3.63) is 35.9 Å². The van der Waals surface area contributed by atoms with Crippen LogP contribution in [0.4, 0.5) is 0 Å². The summed E-state index contributed by atoms with van der Waals surface area (Å²) in [6.45, 7) is 2.08. The third kappa shape index (κ3) is 5.88. The monoisotopic (exact) mass is 149 g/mol. The topological polar surface area (TPSA) is 0 Å². The highest BCUT2D eigenvalue weighted by molar-refractivity contribution is 6.31. The van der Waals surface area contributed by atoms with E-state index >= 15 is 0 Å². The largest absolute Gasteiger partial charge is 0.191 e. The Morgan fingerprint density at radius 1 is 1.00 bits per heavy atom. The number of hydrogen-bond acceptors (Lipinski definition) is 0. The van der Waals surface area contributed by atoms with Crippen molar-refractivity contribution >= 4 is 15.2 Å². The van der Waals surface area contributed by atoms with Crippen molar-refractivity contribution in [2.45, 2.75) is 18.5 Å². The van der Waals surface area contributed by atoms with Crippen LogP contribution in [-0.2, 0) is 0 Å². The molecule has 1 radical (unpaired) electrons. The zero-order valence-electron chi connectivity index (χ0n) is 6.96. The lowest BCUT2D eigenvalue weighted by atomic mass is 10.2. The molecule has 1 aromatic carbocycles. The SMILES string of the molecule is Cc1ccccc1.[CH3][Al][CH3]. The standard InChI is InChI=1S/C7H8.2CH3.Al/c1-7-5-3-2-4-6-7;;;/h2-6H,1H3;2*1H3;. The van der Waals surface area contributed by atoms with Gasteiger partial charge in [0.25, 0.3) is 0 Å². The lowest BCUT2D eigenvalue weighted by Gasteiger charge is -1.82. The molecule has 0 fully saturated rings. The van der Waals surface area contributed by atoms with Gasteiger partial charge in [-0.25, -0.2) is 0 Å². The van der Waals surface area contributed by atoms with E-state index in [2.05, 4.69) is 30.6 Å². The lowest BCUT2D eigenvalue weighted by Crippen LogP contribution is -1.62. The predicted octanol–water partition coefficient (Wildman–Crippen LogP) is 2.78. The second-order valence-electron chi connectivity index (χ2n) is 2.23. The van der Waals surface area contributed by atoms with Crippen LogP contribution in [0.1, 0.15) is 5.56 Å². The molecule has 1 heteroatoms. The van der Waals surface area contributed by atoms with E-state index in [0.717, 1.165) is 15.2 Å². The Labute approximate surface area is 70.0 Å². The Kier molecular flexibility index (Phi) is 6.70. The van der Waals surface area contributed by atoms with Crippen LogP contribution < -0.4 is 0 Å². The fourth-order valence-corrected chi connectivity index (χ4v) is 0.534.